The fourth-order valence-corrected chi connectivity index (χ4v) is 3.82. The first kappa shape index (κ1) is 14.7. The Labute approximate surface area is 146 Å². The third-order valence-electron chi connectivity index (χ3n) is 3.90. The topological polar surface area (TPSA) is 3.24 Å². The molecule has 1 nitrogen and oxygen atoms in total. The van der Waals surface area contributed by atoms with Gasteiger partial charge < -0.3 is 4.90 Å². The second-order valence-corrected chi connectivity index (χ2v) is 6.57. The first-order valence-electron chi connectivity index (χ1n) is 7.97. The third kappa shape index (κ3) is 2.97. The molecular formula is C22H17NS. The largest absolute Gasteiger partial charge is 0.302 e. The van der Waals surface area contributed by atoms with E-state index >= 15 is 0 Å². The van der Waals surface area contributed by atoms with E-state index in [4.69, 9.17) is 0 Å². The van der Waals surface area contributed by atoms with Crippen LogP contribution in [-0.4, -0.2) is 0 Å². The molecule has 1 aromatic heterocycles. The molecule has 0 saturated carbocycles. The zero-order chi connectivity index (χ0) is 16.2. The van der Waals surface area contributed by atoms with Crippen molar-refractivity contribution >= 4 is 27.7 Å². The molecule has 4 aromatic rings. The van der Waals surface area contributed by atoms with Gasteiger partial charge in [-0.05, 0) is 42.0 Å². The normalized spacial score (nSPS) is 10.5. The maximum absolute atomic E-state index is 2.30. The van der Waals surface area contributed by atoms with Crippen molar-refractivity contribution in [2.45, 2.75) is 0 Å². The second kappa shape index (κ2) is 6.73. The molecule has 0 amide bonds. The Bertz CT molecular complexity index is 859. The molecule has 0 aliphatic carbocycles. The van der Waals surface area contributed by atoms with Gasteiger partial charge in [-0.25, -0.2) is 0 Å². The number of hydrogen-bond donors (Lipinski definition) is 0. The van der Waals surface area contributed by atoms with Gasteiger partial charge in [0.25, 0.3) is 0 Å². The summed E-state index contributed by atoms with van der Waals surface area (Å²) < 4.78 is 0. The van der Waals surface area contributed by atoms with Crippen LogP contribution in [0.3, 0.4) is 0 Å². The Morgan fingerprint density at radius 3 is 1.54 bits per heavy atom. The lowest BCUT2D eigenvalue weighted by atomic mass is 10.2. The first-order valence-corrected chi connectivity index (χ1v) is 8.79. The highest BCUT2D eigenvalue weighted by Crippen LogP contribution is 2.41. The monoisotopic (exact) mass is 327 g/mol. The molecule has 0 aliphatic heterocycles. The molecule has 24 heavy (non-hydrogen) atoms. The van der Waals surface area contributed by atoms with E-state index in [0.29, 0.717) is 0 Å². The maximum Gasteiger partial charge on any atom is 0.101 e. The lowest BCUT2D eigenvalue weighted by Gasteiger charge is -2.23. The lowest BCUT2D eigenvalue weighted by molar-refractivity contribution is 1.32. The van der Waals surface area contributed by atoms with Crippen molar-refractivity contribution in [2.24, 2.45) is 0 Å². The number of benzene rings is 3. The van der Waals surface area contributed by atoms with Crippen LogP contribution in [0.25, 0.3) is 10.4 Å². The van der Waals surface area contributed by atoms with Gasteiger partial charge in [-0.15, -0.1) is 11.3 Å². The summed E-state index contributed by atoms with van der Waals surface area (Å²) in [5, 5.41) is 1.21. The second-order valence-electron chi connectivity index (χ2n) is 5.51. The SMILES string of the molecule is c1ccc(-c2ccc(N(c3ccccc3)c3ccccc3)s2)cc1. The Morgan fingerprint density at radius 2 is 1.00 bits per heavy atom. The molecule has 116 valence electrons. The Kier molecular flexibility index (Phi) is 4.13. The van der Waals surface area contributed by atoms with Crippen molar-refractivity contribution < 1.29 is 0 Å². The van der Waals surface area contributed by atoms with Crippen LogP contribution in [0.1, 0.15) is 0 Å². The summed E-state index contributed by atoms with van der Waals surface area (Å²) in [6, 6.07) is 36.0. The van der Waals surface area contributed by atoms with Crippen molar-refractivity contribution in [3.63, 3.8) is 0 Å². The van der Waals surface area contributed by atoms with Gasteiger partial charge in [0.2, 0.25) is 0 Å². The highest BCUT2D eigenvalue weighted by molar-refractivity contribution is 7.19. The minimum absolute atomic E-state index is 1.17. The van der Waals surface area contributed by atoms with Crippen LogP contribution in [0.2, 0.25) is 0 Å². The van der Waals surface area contributed by atoms with E-state index in [2.05, 4.69) is 108 Å². The fraction of sp³-hybridized carbons (Fsp3) is 0. The van der Waals surface area contributed by atoms with Crippen molar-refractivity contribution in [3.8, 4) is 10.4 Å². The number of rotatable bonds is 4. The molecule has 0 spiro atoms. The molecular weight excluding hydrogens is 310 g/mol. The van der Waals surface area contributed by atoms with E-state index in [9.17, 15) is 0 Å². The van der Waals surface area contributed by atoms with Gasteiger partial charge in [-0.3, -0.25) is 0 Å². The predicted molar refractivity (Wildman–Crippen MR) is 104 cm³/mol. The van der Waals surface area contributed by atoms with Crippen molar-refractivity contribution in [3.05, 3.63) is 103 Å². The number of hydrogen-bond acceptors (Lipinski definition) is 2. The Hall–Kier alpha value is -2.84. The van der Waals surface area contributed by atoms with Crippen molar-refractivity contribution in [2.75, 3.05) is 4.90 Å². The molecule has 0 saturated heterocycles. The van der Waals surface area contributed by atoms with Gasteiger partial charge in [-0.1, -0.05) is 66.7 Å². The van der Waals surface area contributed by atoms with Crippen LogP contribution in [0.5, 0.6) is 0 Å². The molecule has 3 aromatic carbocycles. The van der Waals surface area contributed by atoms with Crippen LogP contribution in [0.4, 0.5) is 16.4 Å². The zero-order valence-corrected chi connectivity index (χ0v) is 14.0. The quantitative estimate of drug-likeness (QED) is 0.394. The molecule has 4 rings (SSSR count). The van der Waals surface area contributed by atoms with Crippen molar-refractivity contribution in [1.29, 1.82) is 0 Å². The molecule has 0 unspecified atom stereocenters. The summed E-state index contributed by atoms with van der Waals surface area (Å²) in [5.74, 6) is 0. The average molecular weight is 327 g/mol. The van der Waals surface area contributed by atoms with E-state index in [0.717, 1.165) is 0 Å². The summed E-state index contributed by atoms with van der Waals surface area (Å²) in [5.41, 5.74) is 3.60. The van der Waals surface area contributed by atoms with E-state index < -0.39 is 0 Å². The fourth-order valence-electron chi connectivity index (χ4n) is 2.76. The minimum Gasteiger partial charge on any atom is -0.302 e. The van der Waals surface area contributed by atoms with Gasteiger partial charge >= 0.3 is 0 Å². The summed E-state index contributed by atoms with van der Waals surface area (Å²) in [6.07, 6.45) is 0. The summed E-state index contributed by atoms with van der Waals surface area (Å²) >= 11 is 1.81. The van der Waals surface area contributed by atoms with Gasteiger partial charge in [0.1, 0.15) is 5.00 Å². The van der Waals surface area contributed by atoms with E-state index in [1.807, 2.05) is 11.3 Å². The van der Waals surface area contributed by atoms with Gasteiger partial charge in [0, 0.05) is 16.3 Å². The van der Waals surface area contributed by atoms with Crippen LogP contribution in [0.15, 0.2) is 103 Å². The highest BCUT2D eigenvalue weighted by Gasteiger charge is 2.14. The van der Waals surface area contributed by atoms with E-state index in [1.165, 1.54) is 26.8 Å². The number of anilines is 3. The highest BCUT2D eigenvalue weighted by atomic mass is 32.1. The lowest BCUT2D eigenvalue weighted by Crippen LogP contribution is -2.07. The minimum atomic E-state index is 1.17. The molecule has 0 bridgehead atoms. The Balaban J connectivity index is 1.79. The number of nitrogens with zero attached hydrogens (tertiary/aromatic N) is 1. The van der Waals surface area contributed by atoms with Crippen LogP contribution in [0, 0.1) is 0 Å². The van der Waals surface area contributed by atoms with Gasteiger partial charge in [-0.2, -0.15) is 0 Å². The number of para-hydroxylation sites is 2. The smallest absolute Gasteiger partial charge is 0.101 e. The summed E-state index contributed by atoms with van der Waals surface area (Å²) in [4.78, 5) is 3.58. The molecule has 0 N–H and O–H groups in total. The van der Waals surface area contributed by atoms with Gasteiger partial charge in [0.05, 0.1) is 0 Å². The summed E-state index contributed by atoms with van der Waals surface area (Å²) in [6.45, 7) is 0. The van der Waals surface area contributed by atoms with E-state index in [1.54, 1.807) is 0 Å². The molecule has 0 radical (unpaired) electrons. The molecule has 1 heterocycles. The molecule has 0 atom stereocenters. The summed E-state index contributed by atoms with van der Waals surface area (Å²) in [7, 11) is 0. The molecule has 2 heteroatoms. The zero-order valence-electron chi connectivity index (χ0n) is 13.2. The molecule has 0 aliphatic rings. The third-order valence-corrected chi connectivity index (χ3v) is 5.02. The van der Waals surface area contributed by atoms with Crippen molar-refractivity contribution in [1.82, 2.24) is 0 Å². The van der Waals surface area contributed by atoms with Crippen LogP contribution < -0.4 is 4.90 Å². The molecule has 0 fully saturated rings. The predicted octanol–water partition coefficient (Wildman–Crippen LogP) is 6.88. The van der Waals surface area contributed by atoms with E-state index in [-0.39, 0.29) is 0 Å². The number of thiophene rings is 1. The average Bonchev–Trinajstić information content (AvgIpc) is 3.14. The Morgan fingerprint density at radius 1 is 0.500 bits per heavy atom. The van der Waals surface area contributed by atoms with Crippen LogP contribution >= 0.6 is 11.3 Å². The first-order chi connectivity index (χ1) is 11.9. The standard InChI is InChI=1S/C22H17NS/c1-4-10-18(11-5-1)21-16-17-22(24-21)23(19-12-6-2-7-13-19)20-14-8-3-9-15-20/h1-17H. The maximum atomic E-state index is 2.30. The van der Waals surface area contributed by atoms with Gasteiger partial charge in [0.15, 0.2) is 0 Å². The van der Waals surface area contributed by atoms with Crippen LogP contribution in [-0.2, 0) is 0 Å².